The third kappa shape index (κ3) is 5.71. The van der Waals surface area contributed by atoms with E-state index in [1.54, 1.807) is 31.4 Å². The Morgan fingerprint density at radius 3 is 2.42 bits per heavy atom. The molecule has 2 aliphatic heterocycles. The molecule has 0 spiro atoms. The summed E-state index contributed by atoms with van der Waals surface area (Å²) in [5.74, 6) is 1.93. The maximum Gasteiger partial charge on any atom is 0.283 e. The number of fused-ring (bicyclic) bond motifs is 1. The fourth-order valence-electron chi connectivity index (χ4n) is 3.56. The largest absolute Gasteiger partial charge is 0.493 e. The first kappa shape index (κ1) is 25.3. The number of thioether (sulfide) groups is 1. The summed E-state index contributed by atoms with van der Waals surface area (Å²) in [6.45, 7) is 4.99. The van der Waals surface area contributed by atoms with Crippen LogP contribution >= 0.6 is 11.8 Å². The Morgan fingerprint density at radius 2 is 1.72 bits per heavy atom. The summed E-state index contributed by atoms with van der Waals surface area (Å²) in [5.41, 5.74) is 0.856. The molecule has 2 aromatic carbocycles. The monoisotopic (exact) mass is 508 g/mol. The van der Waals surface area contributed by atoms with Crippen LogP contribution in [0.5, 0.6) is 23.0 Å². The van der Waals surface area contributed by atoms with E-state index < -0.39 is 5.91 Å². The third-order valence-corrected chi connectivity index (χ3v) is 6.17. The minimum atomic E-state index is -0.460. The minimum Gasteiger partial charge on any atom is -0.493 e. The van der Waals surface area contributed by atoms with Crippen molar-refractivity contribution >= 4 is 39.8 Å². The van der Waals surface area contributed by atoms with Crippen LogP contribution in [-0.4, -0.2) is 53.9 Å². The van der Waals surface area contributed by atoms with E-state index >= 15 is 0 Å². The van der Waals surface area contributed by atoms with E-state index in [0.717, 1.165) is 17.9 Å². The number of carbonyl (C=O) groups excluding carboxylic acids is 1. The first-order valence-corrected chi connectivity index (χ1v) is 12.5. The molecule has 0 aliphatic carbocycles. The Balaban J connectivity index is 1.46. The first-order valence-electron chi connectivity index (χ1n) is 11.7. The normalized spacial score (nSPS) is 16.0. The van der Waals surface area contributed by atoms with Gasteiger partial charge in [0.2, 0.25) is 5.17 Å². The number of amides is 1. The smallest absolute Gasteiger partial charge is 0.283 e. The summed E-state index contributed by atoms with van der Waals surface area (Å²) >= 11 is 1.34. The summed E-state index contributed by atoms with van der Waals surface area (Å²) < 4.78 is 22.7. The highest BCUT2D eigenvalue weighted by Gasteiger charge is 2.35. The first-order chi connectivity index (χ1) is 17.5. The fraction of sp³-hybridized carbons (Fsp3) is 0.308. The molecule has 36 heavy (non-hydrogen) atoms. The van der Waals surface area contributed by atoms with Crippen LogP contribution in [0.1, 0.15) is 32.3 Å². The van der Waals surface area contributed by atoms with Gasteiger partial charge in [0, 0.05) is 0 Å². The van der Waals surface area contributed by atoms with Crippen molar-refractivity contribution in [2.24, 2.45) is 10.1 Å². The predicted octanol–water partition coefficient (Wildman–Crippen LogP) is 4.97. The summed E-state index contributed by atoms with van der Waals surface area (Å²) in [6.07, 6.45) is 3.34. The lowest BCUT2D eigenvalue weighted by Crippen LogP contribution is -2.35. The van der Waals surface area contributed by atoms with Gasteiger partial charge < -0.3 is 18.9 Å². The van der Waals surface area contributed by atoms with E-state index in [2.05, 4.69) is 17.0 Å². The number of ether oxygens (including phenoxy) is 4. The van der Waals surface area contributed by atoms with Crippen molar-refractivity contribution < 1.29 is 23.7 Å². The highest BCUT2D eigenvalue weighted by Crippen LogP contribution is 2.32. The number of rotatable bonds is 11. The molecule has 9 nitrogen and oxygen atoms in total. The molecule has 1 amide bonds. The number of amidine groups is 2. The molecule has 2 aliphatic rings. The molecule has 188 valence electrons. The van der Waals surface area contributed by atoms with E-state index in [-0.39, 0.29) is 11.4 Å². The van der Waals surface area contributed by atoms with Crippen molar-refractivity contribution in [3.63, 3.8) is 0 Å². The third-order valence-electron chi connectivity index (χ3n) is 5.21. The molecular formula is C26H28N4O5S. The summed E-state index contributed by atoms with van der Waals surface area (Å²) in [6, 6.07) is 12.8. The number of carbonyl (C=O) groups is 1. The number of hydrogen-bond acceptors (Lipinski definition) is 8. The van der Waals surface area contributed by atoms with Gasteiger partial charge in [-0.3, -0.25) is 10.2 Å². The van der Waals surface area contributed by atoms with Crippen LogP contribution in [0.2, 0.25) is 0 Å². The number of nitrogens with zero attached hydrogens (tertiary/aromatic N) is 3. The fourth-order valence-corrected chi connectivity index (χ4v) is 4.54. The van der Waals surface area contributed by atoms with E-state index in [0.29, 0.717) is 53.5 Å². The second-order valence-corrected chi connectivity index (χ2v) is 8.79. The van der Waals surface area contributed by atoms with Crippen molar-refractivity contribution in [3.8, 4) is 23.0 Å². The van der Waals surface area contributed by atoms with E-state index in [1.165, 1.54) is 16.8 Å². The zero-order valence-electron chi connectivity index (χ0n) is 20.4. The quantitative estimate of drug-likeness (QED) is 0.337. The van der Waals surface area contributed by atoms with Crippen molar-refractivity contribution in [1.29, 1.82) is 5.41 Å². The van der Waals surface area contributed by atoms with Crippen molar-refractivity contribution in [2.75, 3.05) is 26.9 Å². The average Bonchev–Trinajstić information content (AvgIpc) is 3.28. The molecule has 1 N–H and O–H groups in total. The second kappa shape index (κ2) is 11.8. The Bertz CT molecular complexity index is 1240. The zero-order chi connectivity index (χ0) is 25.5. The van der Waals surface area contributed by atoms with Crippen LogP contribution in [0.25, 0.3) is 6.08 Å². The van der Waals surface area contributed by atoms with Crippen LogP contribution in [-0.2, 0) is 4.79 Å². The van der Waals surface area contributed by atoms with E-state index in [1.807, 2.05) is 31.2 Å². The Morgan fingerprint density at radius 1 is 1.00 bits per heavy atom. The van der Waals surface area contributed by atoms with Crippen LogP contribution in [0, 0.1) is 5.41 Å². The number of hydrazone groups is 1. The number of para-hydroxylation sites is 2. The molecule has 0 radical (unpaired) electrons. The number of aliphatic imine (C=N–C) groups is 1. The van der Waals surface area contributed by atoms with Gasteiger partial charge in [-0.25, -0.2) is 0 Å². The van der Waals surface area contributed by atoms with Crippen LogP contribution in [0.4, 0.5) is 0 Å². The molecule has 0 unspecified atom stereocenters. The predicted molar refractivity (Wildman–Crippen MR) is 142 cm³/mol. The van der Waals surface area contributed by atoms with Gasteiger partial charge in [-0.05, 0) is 67.4 Å². The van der Waals surface area contributed by atoms with Crippen LogP contribution < -0.4 is 18.9 Å². The van der Waals surface area contributed by atoms with Crippen LogP contribution in [0.3, 0.4) is 0 Å². The lowest BCUT2D eigenvalue weighted by atomic mass is 10.1. The summed E-state index contributed by atoms with van der Waals surface area (Å²) in [7, 11) is 1.60. The number of benzene rings is 2. The number of nitrogens with one attached hydrogen (secondary N) is 1. The standard InChI is InChI=1S/C26H28N4O5S/c1-4-8-23-29-30-24(27)18(25(31)28-26(30)36-23)15-17-11-12-21(22(16-17)33-5-2)35-14-13-34-20-10-7-6-9-19(20)32-3/h6-7,9-12,15-16,27H,4-5,8,13-14H2,1-3H3. The molecule has 0 aromatic heterocycles. The van der Waals surface area contributed by atoms with Crippen LogP contribution in [0.15, 0.2) is 58.1 Å². The van der Waals surface area contributed by atoms with Crippen molar-refractivity contribution in [1.82, 2.24) is 5.01 Å². The molecule has 2 aromatic rings. The maximum atomic E-state index is 12.7. The molecule has 0 saturated heterocycles. The topological polar surface area (TPSA) is 106 Å². The van der Waals surface area contributed by atoms with Gasteiger partial charge in [0.25, 0.3) is 5.91 Å². The van der Waals surface area contributed by atoms with E-state index in [4.69, 9.17) is 24.4 Å². The summed E-state index contributed by atoms with van der Waals surface area (Å²) in [4.78, 5) is 16.8. The number of methoxy groups -OCH3 is 1. The Hall–Kier alpha value is -3.79. The highest BCUT2D eigenvalue weighted by atomic mass is 32.2. The molecule has 10 heteroatoms. The second-order valence-electron chi connectivity index (χ2n) is 7.75. The van der Waals surface area contributed by atoms with Gasteiger partial charge >= 0.3 is 0 Å². The van der Waals surface area contributed by atoms with Crippen molar-refractivity contribution in [3.05, 3.63) is 53.6 Å². The molecule has 0 bridgehead atoms. The SMILES string of the molecule is CCCC1=NN2C(=N)C(=Cc3ccc(OCCOc4ccccc4OC)c(OCC)c3)C(=O)N=C2S1. The zero-order valence-corrected chi connectivity index (χ0v) is 21.3. The molecule has 0 saturated carbocycles. The lowest BCUT2D eigenvalue weighted by molar-refractivity contribution is -0.114. The van der Waals surface area contributed by atoms with Gasteiger partial charge in [0.1, 0.15) is 18.3 Å². The highest BCUT2D eigenvalue weighted by molar-refractivity contribution is 8.26. The van der Waals surface area contributed by atoms with E-state index in [9.17, 15) is 4.79 Å². The van der Waals surface area contributed by atoms with Gasteiger partial charge in [-0.15, -0.1) is 0 Å². The Labute approximate surface area is 214 Å². The summed E-state index contributed by atoms with van der Waals surface area (Å²) in [5, 5.41) is 15.7. The average molecular weight is 509 g/mol. The lowest BCUT2D eigenvalue weighted by Gasteiger charge is -2.20. The minimum absolute atomic E-state index is 0.00961. The molecule has 2 heterocycles. The van der Waals surface area contributed by atoms with Crippen molar-refractivity contribution in [2.45, 2.75) is 26.7 Å². The maximum absolute atomic E-state index is 12.7. The Kier molecular flexibility index (Phi) is 8.27. The van der Waals surface area contributed by atoms with Gasteiger partial charge in [0.05, 0.1) is 19.3 Å². The molecule has 4 rings (SSSR count). The van der Waals surface area contributed by atoms with Gasteiger partial charge in [0.15, 0.2) is 28.8 Å². The molecule has 0 atom stereocenters. The van der Waals surface area contributed by atoms with Gasteiger partial charge in [-0.2, -0.15) is 15.1 Å². The van der Waals surface area contributed by atoms with Gasteiger partial charge in [-0.1, -0.05) is 25.1 Å². The molecular weight excluding hydrogens is 480 g/mol. The number of hydrogen-bond donors (Lipinski definition) is 1. The molecule has 0 fully saturated rings.